The molecule has 131 heavy (non-hydrogen) atoms. The molecule has 44 nitrogen and oxygen atoms in total. The molecule has 1 amide bonds. The van der Waals surface area contributed by atoms with Gasteiger partial charge in [0.1, 0.15) is 170 Å². The van der Waals surface area contributed by atoms with E-state index in [4.69, 9.17) is 80.5 Å². The molecule has 8 aliphatic heterocycles. The smallest absolute Gasteiger partial charge is 0.336 e. The monoisotopic (exact) mass is 1890 g/mol. The first-order valence-corrected chi connectivity index (χ1v) is 45.3. The SMILES string of the molecule is C=C[C@](C)(CC/C=C(\CO)C(=O)O[C@H]1C[C@]2(C(=O)O[C@@H]3O[C@H](CO)[C@@H](O)[C@H](O)[C@H]3O[C@@H]3O[C@@H](C)[C@H](O[C@@H]4O[C@@H](CO)[C@H](O)[C@H]4O)[C@@H](O[C@@H]4O[C@H](CO)[C@@H](O)[C@H](O)[C@H]4O)[C@H]3O)[C@H](O)C[C@]3(C)C(=CC[C@@H]4[C@@]5(C)CC[C@H](O[C@@H]6O[C@H](CO[C@@H]7O[C@H](C)[C@H](O)[C@H](O)[C@H]7O[C@@H]7OC[C@@H](O)[C@H](O)[C@H]7O)[C@@H](O)[C@H](O)[C@H]6NC(C)=O)C(C)(C)[C@@H]5CC[C@]43C)[C@@H]2CC1(C)C)O[C@@H]1OC[C@@H](O)[C@H](O)[C@H]1O. The minimum absolute atomic E-state index is 0.0140. The van der Waals surface area contributed by atoms with Gasteiger partial charge in [0.2, 0.25) is 12.2 Å². The molecule has 44 heteroatoms. The van der Waals surface area contributed by atoms with E-state index in [0.717, 1.165) is 5.57 Å². The van der Waals surface area contributed by atoms with Crippen LogP contribution in [0.5, 0.6) is 0 Å². The lowest BCUT2D eigenvalue weighted by Gasteiger charge is -2.72. The number of amides is 1. The largest absolute Gasteiger partial charge is 0.458 e. The number of hydrogen-bond acceptors (Lipinski definition) is 43. The molecular formula is C87H139NO43. The Hall–Kier alpha value is -3.89. The Morgan fingerprint density at radius 1 is 0.511 bits per heavy atom. The highest BCUT2D eigenvalue weighted by atomic mass is 16.8. The maximum atomic E-state index is 16.7. The van der Waals surface area contributed by atoms with E-state index < -0.39 is 354 Å². The van der Waals surface area contributed by atoms with Gasteiger partial charge in [-0.2, -0.15) is 0 Å². The average Bonchev–Trinajstić information content (AvgIpc) is 0.887. The van der Waals surface area contributed by atoms with Crippen LogP contribution in [0.15, 0.2) is 36.0 Å². The third-order valence-electron chi connectivity index (χ3n) is 31.5. The summed E-state index contributed by atoms with van der Waals surface area (Å²) in [6, 6.07) is -1.37. The molecule has 750 valence electrons. The van der Waals surface area contributed by atoms with Crippen LogP contribution in [0.1, 0.15) is 140 Å². The van der Waals surface area contributed by atoms with Crippen LogP contribution in [0, 0.1) is 50.2 Å². The summed E-state index contributed by atoms with van der Waals surface area (Å²) in [7, 11) is 0. The van der Waals surface area contributed by atoms with E-state index in [1.54, 1.807) is 20.8 Å². The molecule has 0 spiro atoms. The number of esters is 2. The summed E-state index contributed by atoms with van der Waals surface area (Å²) in [4.78, 5) is 44.7. The fraction of sp³-hybridized carbons (Fsp3) is 0.897. The van der Waals surface area contributed by atoms with E-state index >= 15 is 4.79 Å². The molecule has 24 N–H and O–H groups in total. The average molecular weight is 1890 g/mol. The summed E-state index contributed by atoms with van der Waals surface area (Å²) >= 11 is 0. The van der Waals surface area contributed by atoms with Gasteiger partial charge in [-0.15, -0.1) is 6.58 Å². The summed E-state index contributed by atoms with van der Waals surface area (Å²) in [5.41, 5.74) is -7.27. The molecular weight excluding hydrogens is 1750 g/mol. The number of aliphatic hydroxyl groups is 23. The van der Waals surface area contributed by atoms with E-state index in [1.807, 2.05) is 0 Å². The lowest BCUT2D eigenvalue weighted by atomic mass is 9.33. The molecule has 12 fully saturated rings. The normalized spacial score (nSPS) is 50.4. The molecule has 0 aromatic carbocycles. The Kier molecular flexibility index (Phi) is 32.5. The van der Waals surface area contributed by atoms with Crippen molar-refractivity contribution in [3.8, 4) is 0 Å². The molecule has 5 aliphatic carbocycles. The van der Waals surface area contributed by atoms with E-state index in [2.05, 4.69) is 52.6 Å². The maximum absolute atomic E-state index is 16.7. The second-order valence-electron chi connectivity index (χ2n) is 40.3. The van der Waals surface area contributed by atoms with Gasteiger partial charge in [0.05, 0.1) is 81.8 Å². The zero-order valence-corrected chi connectivity index (χ0v) is 75.2. The highest BCUT2D eigenvalue weighted by molar-refractivity contribution is 5.89. The zero-order valence-electron chi connectivity index (χ0n) is 75.2. The number of carbonyl (C=O) groups excluding carboxylic acids is 3. The molecule has 0 bridgehead atoms. The van der Waals surface area contributed by atoms with Gasteiger partial charge in [-0.1, -0.05) is 72.3 Å². The van der Waals surface area contributed by atoms with Crippen LogP contribution in [-0.2, 0) is 94.9 Å². The van der Waals surface area contributed by atoms with Crippen molar-refractivity contribution in [2.45, 2.75) is 392 Å². The minimum Gasteiger partial charge on any atom is -0.458 e. The molecule has 0 aromatic heterocycles. The Morgan fingerprint density at radius 3 is 1.64 bits per heavy atom. The molecule has 8 saturated heterocycles. The summed E-state index contributed by atoms with van der Waals surface area (Å²) in [5.74, 6) is -4.29. The Morgan fingerprint density at radius 2 is 1.03 bits per heavy atom. The number of aliphatic hydroxyl groups excluding tert-OH is 23. The van der Waals surface area contributed by atoms with Crippen molar-refractivity contribution in [1.82, 2.24) is 5.32 Å². The second-order valence-corrected chi connectivity index (χ2v) is 40.3. The third kappa shape index (κ3) is 19.6. The molecule has 0 radical (unpaired) electrons. The van der Waals surface area contributed by atoms with Crippen LogP contribution in [-0.4, -0.2) is 433 Å². The van der Waals surface area contributed by atoms with Gasteiger partial charge in [0, 0.05) is 18.8 Å². The van der Waals surface area contributed by atoms with Crippen molar-refractivity contribution in [3.05, 3.63) is 36.0 Å². The number of nitrogens with one attached hydrogen (secondary N) is 1. The lowest BCUT2D eigenvalue weighted by Crippen LogP contribution is -2.70. The van der Waals surface area contributed by atoms with Crippen molar-refractivity contribution < 1.29 is 212 Å². The zero-order chi connectivity index (χ0) is 96.1. The van der Waals surface area contributed by atoms with E-state index in [1.165, 1.54) is 32.9 Å². The van der Waals surface area contributed by atoms with Gasteiger partial charge >= 0.3 is 11.9 Å². The van der Waals surface area contributed by atoms with Crippen molar-refractivity contribution in [3.63, 3.8) is 0 Å². The lowest BCUT2D eigenvalue weighted by molar-refractivity contribution is -0.390. The summed E-state index contributed by atoms with van der Waals surface area (Å²) in [5, 5.41) is 258. The first-order chi connectivity index (χ1) is 61.5. The number of ether oxygens (including phenoxy) is 17. The molecule has 13 aliphatic rings. The molecule has 8 heterocycles. The van der Waals surface area contributed by atoms with Gasteiger partial charge in [-0.25, -0.2) is 4.79 Å². The minimum atomic E-state index is -2.28. The standard InChI is InChI=1S/C87H139NO43/c1-13-83(9,131-74-63(109)53(99)40(95)31-116-74)20-14-15-36(26-89)71(113)124-49-25-87(80(114)130-79-70(61(107)55(101)42(28-91)122-79)129-77-66(112)68(127-76-65(111)59(105)54(100)41(27-90)120-76)67(34(3)119-77)126-75-64(110)56(102)43(29-92)121-75)38(23-81(49,5)6)37-16-17-46-84(10)21-19-48(82(7,8)45(84)18-22-85(46,11)86(37,12)24-47(87)96)125-72-50(88-35(4)93)58(104)57(103)44(123-72)32-117-78-69(60(106)51(97)33(2)118-78)128-73-62(108)52(98)39(94)30-115-73/h13,15-16,33-34,38-70,72-79,89-92,94-112H,1,14,17-32H2,2-12H3,(H,88,93)/b36-15+/t33-,34+,38+,39-,40-,41-,42-,43+,44-,45+,46-,47-,48+,49+,50-,51+,52+,53+,54-,55-,56+,57-,58-,59+,60+,61+,62-,63-,64-,65-,66-,67+,68+,69-,70-,72+,73+,74+,75+,76+,77+,78-,79+,83-,84+,85-,86-,87-/m1/s1. The maximum Gasteiger partial charge on any atom is 0.336 e. The van der Waals surface area contributed by atoms with Crippen molar-refractivity contribution in [1.29, 1.82) is 0 Å². The second kappa shape index (κ2) is 40.7. The summed E-state index contributed by atoms with van der Waals surface area (Å²) in [6.45, 7) is 18.5. The molecule has 13 rings (SSSR count). The Balaban J connectivity index is 0.798. The number of hydrogen-bond donors (Lipinski definition) is 24. The first-order valence-electron chi connectivity index (χ1n) is 45.3. The van der Waals surface area contributed by atoms with Crippen molar-refractivity contribution >= 4 is 17.8 Å². The van der Waals surface area contributed by atoms with Crippen LogP contribution in [0.4, 0.5) is 0 Å². The van der Waals surface area contributed by atoms with Crippen molar-refractivity contribution in [2.24, 2.45) is 50.2 Å². The number of rotatable bonds is 28. The first kappa shape index (κ1) is 104. The molecule has 0 unspecified atom stereocenters. The fourth-order valence-electron chi connectivity index (χ4n) is 23.2. The van der Waals surface area contributed by atoms with Gasteiger partial charge in [-0.05, 0) is 118 Å². The summed E-state index contributed by atoms with van der Waals surface area (Å²) < 4.78 is 104. The van der Waals surface area contributed by atoms with Crippen LogP contribution < -0.4 is 5.32 Å². The van der Waals surface area contributed by atoms with Gasteiger partial charge in [-0.3, -0.25) is 9.59 Å². The predicted octanol–water partition coefficient (Wildman–Crippen LogP) is -7.49. The molecule has 4 saturated carbocycles. The Labute approximate surface area is 756 Å². The highest BCUT2D eigenvalue weighted by Gasteiger charge is 2.74. The fourth-order valence-corrected chi connectivity index (χ4v) is 23.2. The Bertz CT molecular complexity index is 3940. The molecule has 48 atom stereocenters. The van der Waals surface area contributed by atoms with Gasteiger partial charge in [0.25, 0.3) is 0 Å². The van der Waals surface area contributed by atoms with Crippen LogP contribution >= 0.6 is 0 Å². The number of carbonyl (C=O) groups is 3. The number of fused-ring (bicyclic) bond motifs is 7. The number of allylic oxidation sites excluding steroid dienone is 3. The van der Waals surface area contributed by atoms with Crippen LogP contribution in [0.2, 0.25) is 0 Å². The third-order valence-corrected chi connectivity index (χ3v) is 31.5. The summed E-state index contributed by atoms with van der Waals surface area (Å²) in [6.07, 6.45) is -60.7. The van der Waals surface area contributed by atoms with Gasteiger partial charge in [0.15, 0.2) is 50.1 Å². The highest BCUT2D eigenvalue weighted by Crippen LogP contribution is 2.76. The van der Waals surface area contributed by atoms with E-state index in [-0.39, 0.29) is 49.7 Å². The molecule has 0 aromatic rings. The van der Waals surface area contributed by atoms with Crippen LogP contribution in [0.25, 0.3) is 0 Å². The topological polar surface area (TPSA) is 685 Å². The van der Waals surface area contributed by atoms with Crippen LogP contribution in [0.3, 0.4) is 0 Å². The van der Waals surface area contributed by atoms with Gasteiger partial charge < -0.3 is 203 Å². The van der Waals surface area contributed by atoms with Crippen molar-refractivity contribution in [2.75, 3.05) is 46.2 Å². The van der Waals surface area contributed by atoms with E-state index in [0.29, 0.717) is 32.1 Å². The van der Waals surface area contributed by atoms with E-state index in [9.17, 15) is 127 Å². The predicted molar refractivity (Wildman–Crippen MR) is 436 cm³/mol. The quantitative estimate of drug-likeness (QED) is 0.0150.